The molecule has 1 saturated heterocycles. The van der Waals surface area contributed by atoms with Gasteiger partial charge in [-0.15, -0.1) is 0 Å². The van der Waals surface area contributed by atoms with Crippen molar-refractivity contribution in [3.05, 3.63) is 53.2 Å². The first-order valence-corrected chi connectivity index (χ1v) is 9.79. The number of hydrogen-bond donors (Lipinski definition) is 2. The lowest BCUT2D eigenvalue weighted by molar-refractivity contribution is 0.185. The highest BCUT2D eigenvalue weighted by Gasteiger charge is 2.34. The minimum Gasteiger partial charge on any atom is -0.469 e. The number of nitrogens with one attached hydrogen (secondary N) is 2. The highest BCUT2D eigenvalue weighted by molar-refractivity contribution is 5.77. The Labute approximate surface area is 158 Å². The number of urea groups is 1. The van der Waals surface area contributed by atoms with Crippen LogP contribution in [0.5, 0.6) is 0 Å². The van der Waals surface area contributed by atoms with Gasteiger partial charge in [0.05, 0.1) is 29.4 Å². The Kier molecular flexibility index (Phi) is 3.92. The smallest absolute Gasteiger partial charge is 0.318 e. The molecular weight excluding hydrogens is 340 g/mol. The van der Waals surface area contributed by atoms with E-state index in [9.17, 15) is 4.79 Å². The molecule has 1 fully saturated rings. The van der Waals surface area contributed by atoms with E-state index in [0.29, 0.717) is 0 Å². The number of imidazole rings is 1. The molecule has 1 aliphatic carbocycles. The van der Waals surface area contributed by atoms with Gasteiger partial charge in [-0.2, -0.15) is 0 Å². The van der Waals surface area contributed by atoms with Crippen molar-refractivity contribution in [2.24, 2.45) is 0 Å². The largest absolute Gasteiger partial charge is 0.469 e. The summed E-state index contributed by atoms with van der Waals surface area (Å²) in [6, 6.07) is 8.23. The van der Waals surface area contributed by atoms with Crippen LogP contribution in [0.15, 0.2) is 34.9 Å². The van der Waals surface area contributed by atoms with Crippen LogP contribution in [-0.2, 0) is 6.42 Å². The van der Waals surface area contributed by atoms with Crippen LogP contribution in [0.3, 0.4) is 0 Å². The molecule has 0 saturated carbocycles. The first kappa shape index (κ1) is 16.4. The molecule has 2 N–H and O–H groups in total. The van der Waals surface area contributed by atoms with Crippen LogP contribution < -0.4 is 5.32 Å². The first-order chi connectivity index (χ1) is 13.2. The van der Waals surface area contributed by atoms with Gasteiger partial charge in [-0.1, -0.05) is 6.07 Å². The zero-order chi connectivity index (χ0) is 18.4. The third-order valence-corrected chi connectivity index (χ3v) is 5.83. The molecule has 2 aromatic heterocycles. The van der Waals surface area contributed by atoms with E-state index in [0.717, 1.165) is 66.8 Å². The SMILES string of the molecule is Cc1ccc2nc(C3CCCN3C(=O)NC3CCCc4occc43)[nH]c2c1. The lowest BCUT2D eigenvalue weighted by Crippen LogP contribution is -2.42. The van der Waals surface area contributed by atoms with E-state index in [2.05, 4.69) is 29.4 Å². The predicted molar refractivity (Wildman–Crippen MR) is 102 cm³/mol. The topological polar surface area (TPSA) is 74.2 Å². The van der Waals surface area contributed by atoms with Crippen LogP contribution in [0.4, 0.5) is 4.79 Å². The number of benzene rings is 1. The molecule has 1 aromatic carbocycles. The molecule has 5 rings (SSSR count). The molecule has 2 atom stereocenters. The second-order valence-electron chi connectivity index (χ2n) is 7.69. The number of aromatic nitrogens is 2. The summed E-state index contributed by atoms with van der Waals surface area (Å²) in [5.41, 5.74) is 4.32. The van der Waals surface area contributed by atoms with Crippen LogP contribution in [0.2, 0.25) is 0 Å². The molecule has 0 bridgehead atoms. The van der Waals surface area contributed by atoms with Crippen LogP contribution in [-0.4, -0.2) is 27.4 Å². The number of carbonyl (C=O) groups is 1. The van der Waals surface area contributed by atoms with Gasteiger partial charge in [-0.3, -0.25) is 0 Å². The van der Waals surface area contributed by atoms with Gasteiger partial charge in [0, 0.05) is 18.5 Å². The van der Waals surface area contributed by atoms with Crippen molar-refractivity contribution in [2.75, 3.05) is 6.54 Å². The molecule has 6 nitrogen and oxygen atoms in total. The molecule has 2 amide bonds. The molecule has 2 aliphatic rings. The summed E-state index contributed by atoms with van der Waals surface area (Å²) in [6.45, 7) is 2.83. The van der Waals surface area contributed by atoms with E-state index in [1.54, 1.807) is 6.26 Å². The lowest BCUT2D eigenvalue weighted by atomic mass is 9.93. The third kappa shape index (κ3) is 2.89. The Balaban J connectivity index is 1.37. The molecule has 3 heterocycles. The Morgan fingerprint density at radius 2 is 2.22 bits per heavy atom. The molecule has 0 spiro atoms. The van der Waals surface area contributed by atoms with Crippen LogP contribution in [0.25, 0.3) is 11.0 Å². The van der Waals surface area contributed by atoms with Gasteiger partial charge >= 0.3 is 6.03 Å². The van der Waals surface area contributed by atoms with Crippen molar-refractivity contribution < 1.29 is 9.21 Å². The Bertz CT molecular complexity index is 989. The fraction of sp³-hybridized carbons (Fsp3) is 0.429. The highest BCUT2D eigenvalue weighted by atomic mass is 16.3. The summed E-state index contributed by atoms with van der Waals surface area (Å²) in [7, 11) is 0. The first-order valence-electron chi connectivity index (χ1n) is 9.79. The van der Waals surface area contributed by atoms with Gasteiger partial charge < -0.3 is 19.6 Å². The molecule has 27 heavy (non-hydrogen) atoms. The van der Waals surface area contributed by atoms with Crippen LogP contribution in [0.1, 0.15) is 60.5 Å². The van der Waals surface area contributed by atoms with Crippen molar-refractivity contribution in [1.82, 2.24) is 20.2 Å². The number of nitrogens with zero attached hydrogens (tertiary/aromatic N) is 2. The number of likely N-dealkylation sites (tertiary alicyclic amines) is 1. The van der Waals surface area contributed by atoms with Gasteiger partial charge in [-0.05, 0) is 56.4 Å². The number of amides is 2. The summed E-state index contributed by atoms with van der Waals surface area (Å²) < 4.78 is 5.55. The third-order valence-electron chi connectivity index (χ3n) is 5.83. The molecule has 0 radical (unpaired) electrons. The second kappa shape index (κ2) is 6.44. The van der Waals surface area contributed by atoms with Crippen LogP contribution in [0, 0.1) is 6.92 Å². The average Bonchev–Trinajstić information content (AvgIpc) is 3.39. The van der Waals surface area contributed by atoms with Gasteiger partial charge in [0.2, 0.25) is 0 Å². The Morgan fingerprint density at radius 3 is 3.15 bits per heavy atom. The monoisotopic (exact) mass is 364 g/mol. The summed E-state index contributed by atoms with van der Waals surface area (Å²) in [5, 5.41) is 3.23. The number of carbonyl (C=O) groups excluding carboxylic acids is 1. The number of H-pyrrole nitrogens is 1. The number of rotatable bonds is 2. The van der Waals surface area contributed by atoms with E-state index in [4.69, 9.17) is 9.40 Å². The maximum atomic E-state index is 13.0. The molecule has 2 unspecified atom stereocenters. The van der Waals surface area contributed by atoms with Crippen molar-refractivity contribution >= 4 is 17.1 Å². The maximum absolute atomic E-state index is 13.0. The van der Waals surface area contributed by atoms with Gasteiger partial charge in [0.25, 0.3) is 0 Å². The summed E-state index contributed by atoms with van der Waals surface area (Å²) >= 11 is 0. The number of aromatic amines is 1. The highest BCUT2D eigenvalue weighted by Crippen LogP contribution is 2.34. The maximum Gasteiger partial charge on any atom is 0.318 e. The Morgan fingerprint density at radius 1 is 1.30 bits per heavy atom. The molecular formula is C21H24N4O2. The summed E-state index contributed by atoms with van der Waals surface area (Å²) in [4.78, 5) is 23.2. The van der Waals surface area contributed by atoms with E-state index in [1.165, 1.54) is 5.56 Å². The predicted octanol–water partition coefficient (Wildman–Crippen LogP) is 4.39. The molecule has 1 aliphatic heterocycles. The average molecular weight is 364 g/mol. The van der Waals surface area contributed by atoms with Gasteiger partial charge in [0.15, 0.2) is 0 Å². The molecule has 3 aromatic rings. The number of furan rings is 1. The van der Waals surface area contributed by atoms with E-state index < -0.39 is 0 Å². The van der Waals surface area contributed by atoms with E-state index >= 15 is 0 Å². The zero-order valence-electron chi connectivity index (χ0n) is 15.5. The quantitative estimate of drug-likeness (QED) is 0.708. The lowest BCUT2D eigenvalue weighted by Gasteiger charge is -2.28. The van der Waals surface area contributed by atoms with Gasteiger partial charge in [0.1, 0.15) is 11.6 Å². The van der Waals surface area contributed by atoms with Crippen molar-refractivity contribution in [2.45, 2.75) is 51.1 Å². The molecule has 140 valence electrons. The zero-order valence-corrected chi connectivity index (χ0v) is 15.5. The normalized spacial score (nSPS) is 22.2. The Hall–Kier alpha value is -2.76. The van der Waals surface area contributed by atoms with Crippen LogP contribution >= 0.6 is 0 Å². The fourth-order valence-corrected chi connectivity index (χ4v) is 4.46. The fourth-order valence-electron chi connectivity index (χ4n) is 4.46. The number of fused-ring (bicyclic) bond motifs is 2. The van der Waals surface area contributed by atoms with E-state index in [1.807, 2.05) is 17.0 Å². The van der Waals surface area contributed by atoms with Gasteiger partial charge in [-0.25, -0.2) is 9.78 Å². The molecule has 6 heteroatoms. The number of hydrogen-bond acceptors (Lipinski definition) is 3. The minimum atomic E-state index is -0.00631. The second-order valence-corrected chi connectivity index (χ2v) is 7.69. The standard InChI is InChI=1S/C21H24N4O2/c1-13-7-8-16-17(12-13)23-20(22-16)18-5-3-10-25(18)21(26)24-15-4-2-6-19-14(15)9-11-27-19/h7-9,11-12,15,18H,2-6,10H2,1H3,(H,22,23)(H,24,26). The number of aryl methyl sites for hydroxylation is 2. The van der Waals surface area contributed by atoms with Crippen molar-refractivity contribution in [3.63, 3.8) is 0 Å². The summed E-state index contributed by atoms with van der Waals surface area (Å²) in [5.74, 6) is 1.90. The van der Waals surface area contributed by atoms with Crippen molar-refractivity contribution in [1.29, 1.82) is 0 Å². The van der Waals surface area contributed by atoms with Crippen molar-refractivity contribution in [3.8, 4) is 0 Å². The van der Waals surface area contributed by atoms with E-state index in [-0.39, 0.29) is 18.1 Å². The summed E-state index contributed by atoms with van der Waals surface area (Å²) in [6.07, 6.45) is 6.62. The minimum absolute atomic E-state index is 0.00474.